The number of hydrogen-bond acceptors (Lipinski definition) is 6. The van der Waals surface area contributed by atoms with Gasteiger partial charge in [0.25, 0.3) is 5.91 Å². The van der Waals surface area contributed by atoms with Crippen LogP contribution in [0.1, 0.15) is 50.8 Å². The second-order valence-corrected chi connectivity index (χ2v) is 6.14. The summed E-state index contributed by atoms with van der Waals surface area (Å²) in [6.45, 7) is 7.72. The molecule has 2 heterocycles. The van der Waals surface area contributed by atoms with Crippen molar-refractivity contribution in [3.05, 3.63) is 39.8 Å². The highest BCUT2D eigenvalue weighted by Gasteiger charge is 2.24. The number of aromatic nitrogens is 2. The third kappa shape index (κ3) is 3.73. The number of nitrogens with one attached hydrogen (secondary N) is 1. The van der Waals surface area contributed by atoms with Crippen molar-refractivity contribution in [2.75, 3.05) is 11.9 Å². The zero-order valence-electron chi connectivity index (χ0n) is 13.6. The number of thiophene rings is 1. The van der Waals surface area contributed by atoms with Crippen LogP contribution in [0.3, 0.4) is 0 Å². The van der Waals surface area contributed by atoms with Gasteiger partial charge in [0.2, 0.25) is 0 Å². The summed E-state index contributed by atoms with van der Waals surface area (Å²) in [4.78, 5) is 33.6. The van der Waals surface area contributed by atoms with Gasteiger partial charge in [-0.15, -0.1) is 11.3 Å². The van der Waals surface area contributed by atoms with E-state index in [2.05, 4.69) is 15.3 Å². The van der Waals surface area contributed by atoms with Crippen LogP contribution < -0.4 is 5.32 Å². The molecule has 0 atom stereocenters. The molecule has 23 heavy (non-hydrogen) atoms. The number of ether oxygens (including phenoxy) is 1. The molecule has 2 aromatic rings. The average Bonchev–Trinajstić information content (AvgIpc) is 2.83. The Hall–Kier alpha value is -2.28. The number of carbonyl (C=O) groups excluding carboxylic acids is 2. The Morgan fingerprint density at radius 1 is 1.22 bits per heavy atom. The Labute approximate surface area is 138 Å². The zero-order valence-corrected chi connectivity index (χ0v) is 14.4. The smallest absolute Gasteiger partial charge is 0.341 e. The Balaban J connectivity index is 2.33. The third-order valence-corrected chi connectivity index (χ3v) is 4.35. The van der Waals surface area contributed by atoms with Gasteiger partial charge < -0.3 is 10.1 Å². The molecular weight excluding hydrogens is 314 g/mol. The monoisotopic (exact) mass is 333 g/mol. The topological polar surface area (TPSA) is 81.2 Å². The first-order chi connectivity index (χ1) is 11.0. The van der Waals surface area contributed by atoms with E-state index in [1.807, 2.05) is 13.8 Å². The lowest BCUT2D eigenvalue weighted by Crippen LogP contribution is -2.16. The summed E-state index contributed by atoms with van der Waals surface area (Å²) in [5.41, 5.74) is 2.27. The first kappa shape index (κ1) is 17.1. The Morgan fingerprint density at radius 3 is 2.52 bits per heavy atom. The fraction of sp³-hybridized carbons (Fsp3) is 0.375. The molecule has 122 valence electrons. The predicted molar refractivity (Wildman–Crippen MR) is 89.1 cm³/mol. The number of carbonyl (C=O) groups is 2. The van der Waals surface area contributed by atoms with E-state index in [-0.39, 0.29) is 12.3 Å². The van der Waals surface area contributed by atoms with Crippen molar-refractivity contribution in [1.82, 2.24) is 9.97 Å². The van der Waals surface area contributed by atoms with Gasteiger partial charge in [0.1, 0.15) is 10.7 Å². The van der Waals surface area contributed by atoms with E-state index < -0.39 is 11.9 Å². The Morgan fingerprint density at radius 2 is 1.96 bits per heavy atom. The summed E-state index contributed by atoms with van der Waals surface area (Å²) in [7, 11) is 0. The lowest BCUT2D eigenvalue weighted by molar-refractivity contribution is 0.0527. The van der Waals surface area contributed by atoms with Gasteiger partial charge in [-0.2, -0.15) is 0 Å². The molecule has 0 spiro atoms. The van der Waals surface area contributed by atoms with Gasteiger partial charge in [0, 0.05) is 11.1 Å². The van der Waals surface area contributed by atoms with Gasteiger partial charge in [-0.25, -0.2) is 9.78 Å². The number of rotatable bonds is 5. The van der Waals surface area contributed by atoms with E-state index in [4.69, 9.17) is 4.74 Å². The molecule has 1 amide bonds. The number of aryl methyl sites for hydroxylation is 2. The van der Waals surface area contributed by atoms with Crippen molar-refractivity contribution in [3.63, 3.8) is 0 Å². The normalized spacial score (nSPS) is 10.4. The summed E-state index contributed by atoms with van der Waals surface area (Å²) < 4.78 is 5.12. The molecule has 0 bridgehead atoms. The summed E-state index contributed by atoms with van der Waals surface area (Å²) in [5.74, 6) is -0.814. The third-order valence-electron chi connectivity index (χ3n) is 3.28. The zero-order chi connectivity index (χ0) is 17.0. The SMILES string of the molecule is CCOC(=O)c1c(NC(=O)c2cnc(C)cn2)sc(C)c1CC. The molecule has 0 unspecified atom stereocenters. The standard InChI is InChI=1S/C16H19N3O3S/c1-5-11-10(4)23-15(13(11)16(21)22-6-2)19-14(20)12-8-17-9(3)7-18-12/h7-8H,5-6H2,1-4H3,(H,19,20). The molecule has 0 saturated carbocycles. The van der Waals surface area contributed by atoms with Crippen LogP contribution in [0.25, 0.3) is 0 Å². The minimum atomic E-state index is -0.418. The van der Waals surface area contributed by atoms with Crippen LogP contribution in [-0.2, 0) is 11.2 Å². The van der Waals surface area contributed by atoms with Gasteiger partial charge in [-0.3, -0.25) is 9.78 Å². The van der Waals surface area contributed by atoms with Crippen LogP contribution in [-0.4, -0.2) is 28.5 Å². The quantitative estimate of drug-likeness (QED) is 0.850. The van der Waals surface area contributed by atoms with Gasteiger partial charge in [-0.05, 0) is 32.8 Å². The second kappa shape index (κ2) is 7.32. The molecule has 0 radical (unpaired) electrons. The maximum absolute atomic E-state index is 12.3. The number of hydrogen-bond donors (Lipinski definition) is 1. The molecule has 2 aromatic heterocycles. The lowest BCUT2D eigenvalue weighted by Gasteiger charge is -2.07. The van der Waals surface area contributed by atoms with Crippen LogP contribution in [0.5, 0.6) is 0 Å². The number of nitrogens with zero attached hydrogens (tertiary/aromatic N) is 2. The van der Waals surface area contributed by atoms with Gasteiger partial charge in [0.15, 0.2) is 0 Å². The molecule has 0 aromatic carbocycles. The van der Waals surface area contributed by atoms with Crippen molar-refractivity contribution in [3.8, 4) is 0 Å². The molecular formula is C16H19N3O3S. The van der Waals surface area contributed by atoms with E-state index in [9.17, 15) is 9.59 Å². The van der Waals surface area contributed by atoms with E-state index in [0.717, 1.165) is 16.1 Å². The van der Waals surface area contributed by atoms with Crippen LogP contribution in [0.4, 0.5) is 5.00 Å². The van der Waals surface area contributed by atoms with Crippen molar-refractivity contribution in [1.29, 1.82) is 0 Å². The Bertz CT molecular complexity index is 723. The number of anilines is 1. The highest BCUT2D eigenvalue weighted by Crippen LogP contribution is 2.34. The van der Waals surface area contributed by atoms with Crippen LogP contribution >= 0.6 is 11.3 Å². The summed E-state index contributed by atoms with van der Waals surface area (Å²) in [6.07, 6.45) is 3.63. The number of esters is 1. The predicted octanol–water partition coefficient (Wildman–Crippen LogP) is 3.15. The number of amides is 1. The lowest BCUT2D eigenvalue weighted by atomic mass is 10.1. The molecule has 7 heteroatoms. The molecule has 0 aliphatic heterocycles. The van der Waals surface area contributed by atoms with Crippen LogP contribution in [0.2, 0.25) is 0 Å². The summed E-state index contributed by atoms with van der Waals surface area (Å²) in [5, 5.41) is 3.25. The minimum Gasteiger partial charge on any atom is -0.462 e. The maximum atomic E-state index is 12.3. The summed E-state index contributed by atoms with van der Waals surface area (Å²) in [6, 6.07) is 0. The van der Waals surface area contributed by atoms with E-state index in [1.54, 1.807) is 13.8 Å². The minimum absolute atomic E-state index is 0.203. The maximum Gasteiger partial charge on any atom is 0.341 e. The van der Waals surface area contributed by atoms with Crippen molar-refractivity contribution >= 4 is 28.2 Å². The molecule has 0 saturated heterocycles. The fourth-order valence-electron chi connectivity index (χ4n) is 2.19. The molecule has 0 fully saturated rings. The van der Waals surface area contributed by atoms with Crippen molar-refractivity contribution < 1.29 is 14.3 Å². The van der Waals surface area contributed by atoms with Crippen LogP contribution in [0.15, 0.2) is 12.4 Å². The van der Waals surface area contributed by atoms with E-state index in [1.165, 1.54) is 23.7 Å². The highest BCUT2D eigenvalue weighted by molar-refractivity contribution is 7.16. The molecule has 6 nitrogen and oxygen atoms in total. The molecule has 2 rings (SSSR count). The average molecular weight is 333 g/mol. The summed E-state index contributed by atoms with van der Waals surface area (Å²) >= 11 is 1.36. The molecule has 0 aliphatic carbocycles. The Kier molecular flexibility index (Phi) is 5.44. The second-order valence-electron chi connectivity index (χ2n) is 4.91. The van der Waals surface area contributed by atoms with Crippen molar-refractivity contribution in [2.24, 2.45) is 0 Å². The molecule has 1 N–H and O–H groups in total. The van der Waals surface area contributed by atoms with Gasteiger partial charge >= 0.3 is 5.97 Å². The first-order valence-corrected chi connectivity index (χ1v) is 8.18. The van der Waals surface area contributed by atoms with Gasteiger partial charge in [0.05, 0.1) is 24.1 Å². The van der Waals surface area contributed by atoms with Crippen LogP contribution in [0, 0.1) is 13.8 Å². The first-order valence-electron chi connectivity index (χ1n) is 7.37. The van der Waals surface area contributed by atoms with Gasteiger partial charge in [-0.1, -0.05) is 6.92 Å². The van der Waals surface area contributed by atoms with Crippen molar-refractivity contribution in [2.45, 2.75) is 34.1 Å². The highest BCUT2D eigenvalue weighted by atomic mass is 32.1. The van der Waals surface area contributed by atoms with E-state index >= 15 is 0 Å². The largest absolute Gasteiger partial charge is 0.462 e. The fourth-order valence-corrected chi connectivity index (χ4v) is 3.32. The molecule has 0 aliphatic rings. The van der Waals surface area contributed by atoms with E-state index in [0.29, 0.717) is 17.0 Å².